The summed E-state index contributed by atoms with van der Waals surface area (Å²) in [4.78, 5) is 0. The zero-order valence-corrected chi connectivity index (χ0v) is 12.9. The Hall–Kier alpha value is -0.860. The van der Waals surface area contributed by atoms with Crippen LogP contribution in [-0.2, 0) is 10.3 Å². The summed E-state index contributed by atoms with van der Waals surface area (Å²) in [5.74, 6) is 0.0804. The van der Waals surface area contributed by atoms with Gasteiger partial charge in [-0.2, -0.15) is 0 Å². The Labute approximate surface area is 116 Å². The van der Waals surface area contributed by atoms with Gasteiger partial charge in [0.2, 0.25) is 0 Å². The second-order valence-corrected chi connectivity index (χ2v) is 7.24. The highest BCUT2D eigenvalue weighted by molar-refractivity contribution is 5.29. The van der Waals surface area contributed by atoms with Crippen molar-refractivity contribution in [1.29, 1.82) is 0 Å². The third kappa shape index (κ3) is 2.70. The van der Waals surface area contributed by atoms with E-state index in [1.165, 1.54) is 5.56 Å². The van der Waals surface area contributed by atoms with Crippen LogP contribution in [0.15, 0.2) is 24.3 Å². The summed E-state index contributed by atoms with van der Waals surface area (Å²) in [5.41, 5.74) is 0.780. The van der Waals surface area contributed by atoms with Gasteiger partial charge in [0, 0.05) is 5.92 Å². The molecule has 1 aromatic rings. The molecule has 19 heavy (non-hydrogen) atoms. The van der Waals surface area contributed by atoms with Crippen molar-refractivity contribution in [2.45, 2.75) is 64.8 Å². The molecule has 0 saturated carbocycles. The van der Waals surface area contributed by atoms with E-state index in [2.05, 4.69) is 46.8 Å². The Morgan fingerprint density at radius 1 is 1.26 bits per heavy atom. The highest BCUT2D eigenvalue weighted by Crippen LogP contribution is 2.50. The molecular weight excluding hydrogens is 236 g/mol. The van der Waals surface area contributed by atoms with E-state index < -0.39 is 5.60 Å². The van der Waals surface area contributed by atoms with Crippen molar-refractivity contribution >= 4 is 0 Å². The fraction of sp³-hybridized carbons (Fsp3) is 0.647. The smallest absolute Gasteiger partial charge is 0.0925 e. The van der Waals surface area contributed by atoms with Gasteiger partial charge in [0.15, 0.2) is 0 Å². The molecule has 1 aliphatic rings. The number of ether oxygens (including phenoxy) is 1. The molecule has 2 rings (SSSR count). The third-order valence-electron chi connectivity index (χ3n) is 4.36. The van der Waals surface area contributed by atoms with Crippen LogP contribution in [0.5, 0.6) is 0 Å². The van der Waals surface area contributed by atoms with Crippen LogP contribution in [0.4, 0.5) is 0 Å². The van der Waals surface area contributed by atoms with Crippen LogP contribution in [-0.4, -0.2) is 16.3 Å². The summed E-state index contributed by atoms with van der Waals surface area (Å²) in [7, 11) is 0. The Kier molecular flexibility index (Phi) is 3.31. The highest BCUT2D eigenvalue weighted by atomic mass is 16.5. The molecule has 0 radical (unpaired) electrons. The van der Waals surface area contributed by atoms with Gasteiger partial charge in [0.1, 0.15) is 0 Å². The van der Waals surface area contributed by atoms with Crippen molar-refractivity contribution in [1.82, 2.24) is 0 Å². The lowest BCUT2D eigenvalue weighted by Gasteiger charge is -2.38. The van der Waals surface area contributed by atoms with Crippen molar-refractivity contribution in [3.8, 4) is 0 Å². The van der Waals surface area contributed by atoms with Crippen molar-refractivity contribution in [3.05, 3.63) is 35.4 Å². The second kappa shape index (κ2) is 4.32. The molecular formula is C17H26O2. The third-order valence-corrected chi connectivity index (χ3v) is 4.36. The number of hydrogen-bond donors (Lipinski definition) is 1. The summed E-state index contributed by atoms with van der Waals surface area (Å²) in [6, 6.07) is 8.14. The summed E-state index contributed by atoms with van der Waals surface area (Å²) in [5, 5.41) is 11.1. The molecule has 0 amide bonds. The van der Waals surface area contributed by atoms with Crippen molar-refractivity contribution in [3.63, 3.8) is 0 Å². The van der Waals surface area contributed by atoms with Crippen LogP contribution < -0.4 is 0 Å². The van der Waals surface area contributed by atoms with Gasteiger partial charge in [-0.25, -0.2) is 0 Å². The van der Waals surface area contributed by atoms with Crippen LogP contribution in [0.2, 0.25) is 0 Å². The molecule has 2 unspecified atom stereocenters. The molecule has 2 nitrogen and oxygen atoms in total. The fourth-order valence-electron chi connectivity index (χ4n) is 3.60. The Morgan fingerprint density at radius 3 is 2.37 bits per heavy atom. The summed E-state index contributed by atoms with van der Waals surface area (Å²) in [6.07, 6.45) is 0.862. The first-order valence-corrected chi connectivity index (χ1v) is 7.04. The van der Waals surface area contributed by atoms with Gasteiger partial charge >= 0.3 is 0 Å². The topological polar surface area (TPSA) is 29.5 Å². The van der Waals surface area contributed by atoms with E-state index in [9.17, 15) is 5.11 Å². The Bertz CT molecular complexity index is 472. The van der Waals surface area contributed by atoms with Gasteiger partial charge in [0.25, 0.3) is 0 Å². The first kappa shape index (κ1) is 14.5. The van der Waals surface area contributed by atoms with Gasteiger partial charge in [-0.1, -0.05) is 29.8 Å². The zero-order chi connectivity index (χ0) is 14.5. The minimum absolute atomic E-state index is 0.0804. The second-order valence-electron chi connectivity index (χ2n) is 7.24. The maximum atomic E-state index is 11.1. The highest BCUT2D eigenvalue weighted by Gasteiger charge is 2.53. The van der Waals surface area contributed by atoms with Crippen molar-refractivity contribution < 1.29 is 9.84 Å². The van der Waals surface area contributed by atoms with Crippen molar-refractivity contribution in [2.75, 3.05) is 0 Å². The first-order chi connectivity index (χ1) is 8.55. The standard InChI is InChI=1S/C17H26O2/c1-12-8-7-9-13(10-12)17(6,18)14-11-15(2,3)19-16(14,4)5/h7-10,14,18H,11H2,1-6H3. The van der Waals surface area contributed by atoms with Crippen LogP contribution in [0.1, 0.15) is 52.2 Å². The van der Waals surface area contributed by atoms with E-state index in [0.29, 0.717) is 0 Å². The van der Waals surface area contributed by atoms with E-state index in [4.69, 9.17) is 4.74 Å². The average molecular weight is 262 g/mol. The molecule has 1 N–H and O–H groups in total. The van der Waals surface area contributed by atoms with Crippen LogP contribution in [0.25, 0.3) is 0 Å². The quantitative estimate of drug-likeness (QED) is 0.878. The molecule has 0 aromatic heterocycles. The Balaban J connectivity index is 2.39. The normalized spacial score (nSPS) is 28.1. The van der Waals surface area contributed by atoms with E-state index in [1.807, 2.05) is 19.1 Å². The number of rotatable bonds is 2. The van der Waals surface area contributed by atoms with E-state index in [1.54, 1.807) is 0 Å². The fourth-order valence-corrected chi connectivity index (χ4v) is 3.60. The largest absolute Gasteiger partial charge is 0.385 e. The Morgan fingerprint density at radius 2 is 1.89 bits per heavy atom. The molecule has 106 valence electrons. The van der Waals surface area contributed by atoms with Gasteiger partial charge in [0.05, 0.1) is 16.8 Å². The lowest BCUT2D eigenvalue weighted by molar-refractivity contribution is -0.110. The van der Waals surface area contributed by atoms with Crippen molar-refractivity contribution in [2.24, 2.45) is 5.92 Å². The number of hydrogen-bond acceptors (Lipinski definition) is 2. The maximum Gasteiger partial charge on any atom is 0.0925 e. The molecule has 2 atom stereocenters. The molecule has 1 heterocycles. The molecule has 1 saturated heterocycles. The summed E-state index contributed by atoms with van der Waals surface area (Å²) in [6.45, 7) is 12.3. The molecule has 0 aliphatic carbocycles. The van der Waals surface area contributed by atoms with E-state index in [-0.39, 0.29) is 17.1 Å². The SMILES string of the molecule is Cc1cccc(C(C)(O)C2CC(C)(C)OC2(C)C)c1. The predicted molar refractivity (Wildman–Crippen MR) is 78.1 cm³/mol. The lowest BCUT2D eigenvalue weighted by atomic mass is 9.72. The molecule has 1 aromatic carbocycles. The molecule has 1 fully saturated rings. The average Bonchev–Trinajstić information content (AvgIpc) is 2.47. The van der Waals surface area contributed by atoms with Gasteiger partial charge in [-0.3, -0.25) is 0 Å². The van der Waals surface area contributed by atoms with Crippen LogP contribution in [0.3, 0.4) is 0 Å². The van der Waals surface area contributed by atoms with Crippen LogP contribution >= 0.6 is 0 Å². The summed E-state index contributed by atoms with van der Waals surface area (Å²) >= 11 is 0. The van der Waals surface area contributed by atoms with E-state index >= 15 is 0 Å². The number of aliphatic hydroxyl groups is 1. The first-order valence-electron chi connectivity index (χ1n) is 7.04. The monoisotopic (exact) mass is 262 g/mol. The molecule has 2 heteroatoms. The maximum absolute atomic E-state index is 11.1. The molecule has 0 spiro atoms. The van der Waals surface area contributed by atoms with Crippen LogP contribution in [0, 0.1) is 12.8 Å². The van der Waals surface area contributed by atoms with Gasteiger partial charge < -0.3 is 9.84 Å². The van der Waals surface area contributed by atoms with Gasteiger partial charge in [-0.15, -0.1) is 0 Å². The zero-order valence-electron chi connectivity index (χ0n) is 12.9. The van der Waals surface area contributed by atoms with E-state index in [0.717, 1.165) is 12.0 Å². The van der Waals surface area contributed by atoms with Gasteiger partial charge in [-0.05, 0) is 53.5 Å². The predicted octanol–water partition coefficient (Wildman–Crippen LogP) is 3.80. The summed E-state index contributed by atoms with van der Waals surface area (Å²) < 4.78 is 6.13. The molecule has 1 aliphatic heterocycles. The number of aryl methyl sites for hydroxylation is 1. The molecule has 0 bridgehead atoms. The lowest BCUT2D eigenvalue weighted by Crippen LogP contribution is -2.42. The number of benzene rings is 1. The minimum atomic E-state index is -0.872. The minimum Gasteiger partial charge on any atom is -0.385 e.